The first-order valence-electron chi connectivity index (χ1n) is 6.57. The minimum atomic E-state index is -2.11. The molecule has 0 radical (unpaired) electrons. The van der Waals surface area contributed by atoms with Crippen LogP contribution in [-0.4, -0.2) is 37.8 Å². The number of nitrogens with one attached hydrogen (secondary N) is 1. The van der Waals surface area contributed by atoms with Crippen molar-refractivity contribution in [2.75, 3.05) is 0 Å². The highest BCUT2D eigenvalue weighted by Gasteiger charge is 2.39. The summed E-state index contributed by atoms with van der Waals surface area (Å²) in [6.07, 6.45) is 1.14. The molecule has 21 heavy (non-hydrogen) atoms. The minimum absolute atomic E-state index is 0.149. The van der Waals surface area contributed by atoms with Crippen molar-refractivity contribution in [3.8, 4) is 0 Å². The van der Waals surface area contributed by atoms with Crippen molar-refractivity contribution < 1.29 is 24.9 Å². The maximum atomic E-state index is 11.4. The molecule has 2 rings (SSSR count). The molecule has 0 aliphatic carbocycles. The number of aliphatic hydroxyl groups is 1. The maximum absolute atomic E-state index is 11.4. The van der Waals surface area contributed by atoms with Gasteiger partial charge in [-0.15, -0.1) is 0 Å². The molecule has 0 saturated heterocycles. The summed E-state index contributed by atoms with van der Waals surface area (Å²) < 4.78 is 0. The fourth-order valence-electron chi connectivity index (χ4n) is 2.42. The molecule has 1 heterocycles. The Labute approximate surface area is 121 Å². The second-order valence-electron chi connectivity index (χ2n) is 5.32. The van der Waals surface area contributed by atoms with Crippen LogP contribution in [0.2, 0.25) is 0 Å². The van der Waals surface area contributed by atoms with Gasteiger partial charge < -0.3 is 20.3 Å². The Bertz CT molecular complexity index is 678. The normalized spacial score (nSPS) is 15.5. The Hall–Kier alpha value is -2.34. The first-order valence-corrected chi connectivity index (χ1v) is 6.57. The van der Waals surface area contributed by atoms with Crippen LogP contribution >= 0.6 is 0 Å². The van der Waals surface area contributed by atoms with E-state index in [1.807, 2.05) is 24.3 Å². The number of hydrogen-bond donors (Lipinski definition) is 4. The van der Waals surface area contributed by atoms with Crippen molar-refractivity contribution in [1.82, 2.24) is 4.98 Å². The highest BCUT2D eigenvalue weighted by Crippen LogP contribution is 2.27. The van der Waals surface area contributed by atoms with Crippen LogP contribution in [0.4, 0.5) is 0 Å². The number of hydrogen-bond acceptors (Lipinski definition) is 3. The van der Waals surface area contributed by atoms with Gasteiger partial charge in [-0.3, -0.25) is 4.79 Å². The molecule has 0 amide bonds. The van der Waals surface area contributed by atoms with E-state index in [4.69, 9.17) is 5.11 Å². The molecule has 4 N–H and O–H groups in total. The van der Waals surface area contributed by atoms with Gasteiger partial charge in [0, 0.05) is 29.9 Å². The van der Waals surface area contributed by atoms with Crippen molar-refractivity contribution in [2.24, 2.45) is 5.92 Å². The number of carboxylic acid groups (broad SMARTS) is 2. The number of benzene rings is 1. The fraction of sp³-hybridized carbons (Fsp3) is 0.333. The van der Waals surface area contributed by atoms with E-state index in [-0.39, 0.29) is 12.8 Å². The van der Waals surface area contributed by atoms with Gasteiger partial charge in [0.05, 0.1) is 5.92 Å². The van der Waals surface area contributed by atoms with E-state index in [1.165, 1.54) is 6.92 Å². The van der Waals surface area contributed by atoms with Crippen molar-refractivity contribution in [3.05, 3.63) is 36.0 Å². The van der Waals surface area contributed by atoms with Crippen LogP contribution in [0.25, 0.3) is 10.9 Å². The molecule has 6 nitrogen and oxygen atoms in total. The third-order valence-corrected chi connectivity index (χ3v) is 3.62. The van der Waals surface area contributed by atoms with Gasteiger partial charge in [-0.1, -0.05) is 25.1 Å². The van der Waals surface area contributed by atoms with Gasteiger partial charge >= 0.3 is 11.9 Å². The first kappa shape index (κ1) is 15.1. The SMILES string of the molecule is CC(C[C@@](O)(Cc1c[nH]c2ccccc12)C(=O)O)C(=O)O. The van der Waals surface area contributed by atoms with Crippen molar-refractivity contribution in [2.45, 2.75) is 25.4 Å². The average molecular weight is 291 g/mol. The third kappa shape index (κ3) is 3.05. The smallest absolute Gasteiger partial charge is 0.336 e. The van der Waals surface area contributed by atoms with Crippen molar-refractivity contribution in [1.29, 1.82) is 0 Å². The van der Waals surface area contributed by atoms with Gasteiger partial charge in [-0.25, -0.2) is 4.79 Å². The molecule has 6 heteroatoms. The molecule has 112 valence electrons. The molecule has 0 bridgehead atoms. The van der Waals surface area contributed by atoms with E-state index >= 15 is 0 Å². The number of carboxylic acids is 2. The highest BCUT2D eigenvalue weighted by atomic mass is 16.4. The first-order chi connectivity index (χ1) is 9.83. The van der Waals surface area contributed by atoms with Crippen molar-refractivity contribution in [3.63, 3.8) is 0 Å². The van der Waals surface area contributed by atoms with Gasteiger partial charge in [0.1, 0.15) is 0 Å². The van der Waals surface area contributed by atoms with E-state index < -0.39 is 23.5 Å². The lowest BCUT2D eigenvalue weighted by atomic mass is 9.86. The van der Waals surface area contributed by atoms with Gasteiger partial charge in [0.25, 0.3) is 0 Å². The van der Waals surface area contributed by atoms with Crippen molar-refractivity contribution >= 4 is 22.8 Å². The van der Waals surface area contributed by atoms with Crippen LogP contribution in [-0.2, 0) is 16.0 Å². The van der Waals surface area contributed by atoms with E-state index in [0.29, 0.717) is 5.56 Å². The third-order valence-electron chi connectivity index (χ3n) is 3.62. The predicted molar refractivity (Wildman–Crippen MR) is 76.0 cm³/mol. The summed E-state index contributed by atoms with van der Waals surface area (Å²) in [6.45, 7) is 1.38. The molecule has 1 aromatic carbocycles. The fourth-order valence-corrected chi connectivity index (χ4v) is 2.42. The zero-order valence-electron chi connectivity index (χ0n) is 11.5. The summed E-state index contributed by atoms with van der Waals surface area (Å²) in [6, 6.07) is 7.33. The number of fused-ring (bicyclic) bond motifs is 1. The summed E-state index contributed by atoms with van der Waals surface area (Å²) >= 11 is 0. The summed E-state index contributed by atoms with van der Waals surface area (Å²) in [7, 11) is 0. The van der Waals surface area contributed by atoms with E-state index in [0.717, 1.165) is 10.9 Å². The Balaban J connectivity index is 2.31. The monoisotopic (exact) mass is 291 g/mol. The Morgan fingerprint density at radius 3 is 2.57 bits per heavy atom. The quantitative estimate of drug-likeness (QED) is 0.646. The Morgan fingerprint density at radius 2 is 1.95 bits per heavy atom. The number of aromatic nitrogens is 1. The number of carbonyl (C=O) groups is 2. The summed E-state index contributed by atoms with van der Waals surface area (Å²) in [5, 5.41) is 29.4. The van der Waals surface area contributed by atoms with Crippen LogP contribution in [0.15, 0.2) is 30.5 Å². The van der Waals surface area contributed by atoms with E-state index in [1.54, 1.807) is 6.20 Å². The number of H-pyrrole nitrogens is 1. The molecule has 0 aliphatic heterocycles. The predicted octanol–water partition coefficient (Wildman–Crippen LogP) is 1.64. The molecular weight excluding hydrogens is 274 g/mol. The molecular formula is C15H17NO5. The second-order valence-corrected chi connectivity index (χ2v) is 5.32. The Morgan fingerprint density at radius 1 is 1.29 bits per heavy atom. The lowest BCUT2D eigenvalue weighted by Gasteiger charge is -2.25. The molecule has 0 aliphatic rings. The number of para-hydroxylation sites is 1. The minimum Gasteiger partial charge on any atom is -0.481 e. The molecule has 0 spiro atoms. The number of aliphatic carboxylic acids is 2. The molecule has 2 atom stereocenters. The number of aromatic amines is 1. The van der Waals surface area contributed by atoms with Crippen LogP contribution in [0.3, 0.4) is 0 Å². The van der Waals surface area contributed by atoms with E-state index in [9.17, 15) is 19.8 Å². The standard InChI is InChI=1S/C15H17NO5/c1-9(13(17)18)6-15(21,14(19)20)7-10-8-16-12-5-3-2-4-11(10)12/h2-5,8-9,16,21H,6-7H2,1H3,(H,17,18)(H,19,20)/t9?,15-/m1/s1. The van der Waals surface area contributed by atoms with Crippen LogP contribution < -0.4 is 0 Å². The number of rotatable bonds is 6. The molecule has 1 aromatic heterocycles. The molecule has 0 fully saturated rings. The van der Waals surface area contributed by atoms with Gasteiger partial charge in [0.15, 0.2) is 5.60 Å². The van der Waals surface area contributed by atoms with Gasteiger partial charge in [-0.2, -0.15) is 0 Å². The van der Waals surface area contributed by atoms with Crippen LogP contribution in [0, 0.1) is 5.92 Å². The summed E-state index contributed by atoms with van der Waals surface area (Å²) in [4.78, 5) is 25.3. The zero-order chi connectivity index (χ0) is 15.6. The topological polar surface area (TPSA) is 111 Å². The summed E-state index contributed by atoms with van der Waals surface area (Å²) in [5.74, 6) is -3.49. The molecule has 2 aromatic rings. The summed E-state index contributed by atoms with van der Waals surface area (Å²) in [5.41, 5.74) is -0.623. The second kappa shape index (κ2) is 5.57. The van der Waals surface area contributed by atoms with Crippen LogP contribution in [0.1, 0.15) is 18.9 Å². The maximum Gasteiger partial charge on any atom is 0.336 e. The lowest BCUT2D eigenvalue weighted by Crippen LogP contribution is -2.43. The highest BCUT2D eigenvalue weighted by molar-refractivity contribution is 5.85. The molecule has 1 unspecified atom stereocenters. The van der Waals surface area contributed by atoms with Crippen LogP contribution in [0.5, 0.6) is 0 Å². The van der Waals surface area contributed by atoms with E-state index in [2.05, 4.69) is 4.98 Å². The largest absolute Gasteiger partial charge is 0.481 e. The Kier molecular flexibility index (Phi) is 3.99. The zero-order valence-corrected chi connectivity index (χ0v) is 11.5. The average Bonchev–Trinajstić information content (AvgIpc) is 2.81. The van der Waals surface area contributed by atoms with Gasteiger partial charge in [-0.05, 0) is 11.6 Å². The lowest BCUT2D eigenvalue weighted by molar-refractivity contribution is -0.162. The molecule has 0 saturated carbocycles. The van der Waals surface area contributed by atoms with Gasteiger partial charge in [0.2, 0.25) is 0 Å².